The van der Waals surface area contributed by atoms with E-state index in [4.69, 9.17) is 60.8 Å². The molecule has 0 radical (unpaired) electrons. The average Bonchev–Trinajstić information content (AvgIpc) is 0.747. The molecule has 2 aliphatic rings. The number of hydrogen-bond acceptors (Lipinski definition) is 25. The van der Waals surface area contributed by atoms with Crippen molar-refractivity contribution >= 4 is 123 Å². The van der Waals surface area contributed by atoms with Crippen LogP contribution >= 0.6 is 0 Å². The zero-order chi connectivity index (χ0) is 99.4. The number of aliphatic carboxylic acids is 1. The third-order valence-electron chi connectivity index (χ3n) is 21.0. The number of primary amides is 2. The lowest BCUT2D eigenvalue weighted by molar-refractivity contribution is -0.143. The third-order valence-corrected chi connectivity index (χ3v) is 21.0. The second-order valence-corrected chi connectivity index (χ2v) is 32.7. The van der Waals surface area contributed by atoms with Crippen molar-refractivity contribution in [3.05, 3.63) is 112 Å². The van der Waals surface area contributed by atoms with Crippen LogP contribution in [0.1, 0.15) is 153 Å². The molecule has 47 nitrogen and oxygen atoms in total. The maximum atomic E-state index is 14.9. The number of carbonyl (C=O) groups is 16. The first kappa shape index (κ1) is 110. The number of carboxylic acids is 1. The first-order chi connectivity index (χ1) is 63.5. The van der Waals surface area contributed by atoms with E-state index >= 15 is 0 Å². The predicted molar refractivity (Wildman–Crippen MR) is 492 cm³/mol. The second kappa shape index (κ2) is 56.2. The van der Waals surface area contributed by atoms with Gasteiger partial charge in [0, 0.05) is 66.7 Å². The Hall–Kier alpha value is -14.6. The van der Waals surface area contributed by atoms with E-state index in [9.17, 15) is 96.8 Å². The number of nitrogens with one attached hydrogen (secondary N) is 19. The van der Waals surface area contributed by atoms with E-state index in [1.54, 1.807) is 68.4 Å². The molecule has 0 saturated carbocycles. The lowest BCUT2D eigenvalue weighted by atomic mass is 9.90. The Balaban J connectivity index is 1.33. The Morgan fingerprint density at radius 2 is 0.873 bits per heavy atom. The minimum atomic E-state index is -1.84. The van der Waals surface area contributed by atoms with Crippen LogP contribution in [0.2, 0.25) is 0 Å². The van der Waals surface area contributed by atoms with Crippen LogP contribution in [-0.4, -0.2) is 246 Å². The molecule has 134 heavy (non-hydrogen) atoms. The number of phenols is 1. The summed E-state index contributed by atoms with van der Waals surface area (Å²) in [6.07, 6.45) is -1.84. The van der Waals surface area contributed by atoms with Crippen molar-refractivity contribution in [2.45, 2.75) is 216 Å². The summed E-state index contributed by atoms with van der Waals surface area (Å²) in [6.45, 7) is 5.87. The summed E-state index contributed by atoms with van der Waals surface area (Å²) in [5.74, 6) is -18.8. The highest BCUT2D eigenvalue weighted by Crippen LogP contribution is 2.42. The fourth-order valence-corrected chi connectivity index (χ4v) is 14.0. The van der Waals surface area contributed by atoms with Gasteiger partial charge in [0.05, 0.1) is 19.6 Å². The molecule has 0 fully saturated rings. The molecule has 3 aromatic carbocycles. The molecule has 0 bridgehead atoms. The van der Waals surface area contributed by atoms with Crippen molar-refractivity contribution in [3.8, 4) is 28.2 Å². The number of nitrogens with two attached hydrogens (primary N) is 7. The van der Waals surface area contributed by atoms with Gasteiger partial charge in [-0.05, 0) is 163 Å². The van der Waals surface area contributed by atoms with Gasteiger partial charge in [-0.3, -0.25) is 92.9 Å². The number of hydrogen-bond donors (Lipinski definition) is 29. The highest BCUT2D eigenvalue weighted by atomic mass is 16.4. The highest BCUT2D eigenvalue weighted by Gasteiger charge is 2.38. The minimum absolute atomic E-state index is 0.00174. The zero-order valence-electron chi connectivity index (χ0n) is 75.4. The number of phenolic OH excluding ortho intramolecular Hbond substituents is 1. The number of aliphatic hydroxyl groups is 1. The molecular formula is C87H128N26O21. The van der Waals surface area contributed by atoms with Gasteiger partial charge in [-0.1, -0.05) is 76.2 Å². The number of fused-ring (bicyclic) bond motifs is 2. The maximum Gasteiger partial charge on any atom is 0.326 e. The van der Waals surface area contributed by atoms with E-state index in [0.717, 1.165) is 0 Å². The van der Waals surface area contributed by atoms with Crippen LogP contribution in [-0.2, 0) is 78.3 Å². The molecule has 0 saturated heterocycles. The van der Waals surface area contributed by atoms with E-state index in [0.29, 0.717) is 40.5 Å². The standard InChI is InChI=1S/C87H128N26O21/c1-45(2)38-61(81(129)108-59(26-17-37-100-87(96)97)76(124)109-60(31-32-67(90)117)79(127)107-56(23-12-14-34-89)77(125)112-63(42-68(91)118)82(130)113-71(46(3)4)84(132)133)110-83(131)64(44-114)103-69(119)43-101-74(122)55(22-11-13-33-88)106-75(123)57(24-15-35-98-85(92)93)104-72(120)47(5)102-80(128)62(39-48-18-7-6-8-19-48)111-78(126)58(25-16-36-99-86(94)95)105-73(121)52-21-10-9-20-51(52)70-53-29-27-49(115)40-65(53)134-66-41-50(116)28-30-54(66)70/h6-10,18-21,27-30,40-41,45-47,55-64,71,114-115H,11-17,22-26,31-39,42-44,88-89H2,1-5H3,(H2,90,117)(H2,91,118)(H,101,122)(H,102,128)(H,103,119)(H,104,120)(H,105,121)(H,106,123)(H,107,127)(H,108,129)(H,109,124)(H,110,131)(H,111,126)(H,112,125)(H,113,130)(H,132,133)(H4,92,93,98)(H4,94,95,99)(H4,96,97,100)/t47-,55-,56-,57-,58-,59-,60-,61-,62-,63-,64-,71-/m0/s1. The third kappa shape index (κ3) is 37.7. The molecule has 3 aromatic rings. The van der Waals surface area contributed by atoms with Crippen molar-refractivity contribution in [2.75, 3.05) is 45.9 Å². The second-order valence-electron chi connectivity index (χ2n) is 32.7. The van der Waals surface area contributed by atoms with Gasteiger partial charge >= 0.3 is 5.97 Å². The molecule has 15 amide bonds. The van der Waals surface area contributed by atoms with Crippen molar-refractivity contribution < 1.29 is 96.4 Å². The number of benzene rings is 4. The summed E-state index contributed by atoms with van der Waals surface area (Å²) in [5.41, 5.74) is 40.7. The van der Waals surface area contributed by atoms with Crippen LogP contribution < -0.4 is 131 Å². The van der Waals surface area contributed by atoms with E-state index in [1.807, 2.05) is 0 Å². The summed E-state index contributed by atoms with van der Waals surface area (Å²) in [5, 5.41) is 94.7. The Morgan fingerprint density at radius 1 is 0.425 bits per heavy atom. The molecule has 47 heteroatoms. The van der Waals surface area contributed by atoms with E-state index in [-0.39, 0.29) is 144 Å². The molecule has 0 spiro atoms. The number of carboxylic acid groups (broad SMARTS) is 1. The van der Waals surface area contributed by atoms with Crippen LogP contribution in [0.5, 0.6) is 5.75 Å². The monoisotopic (exact) mass is 1870 g/mol. The van der Waals surface area contributed by atoms with Gasteiger partial charge in [0.1, 0.15) is 89.6 Å². The number of unbranched alkanes of at least 4 members (excludes halogenated alkanes) is 2. The van der Waals surface area contributed by atoms with Crippen LogP contribution in [0.25, 0.3) is 33.4 Å². The van der Waals surface area contributed by atoms with Gasteiger partial charge in [0.2, 0.25) is 82.7 Å². The van der Waals surface area contributed by atoms with E-state index in [1.165, 1.54) is 57.2 Å². The topological polar surface area (TPSA) is 810 Å². The fraction of sp³-hybridized carbons (Fsp3) is 0.494. The summed E-state index contributed by atoms with van der Waals surface area (Å²) < 4.78 is 6.05. The smallest absolute Gasteiger partial charge is 0.326 e. The first-order valence-corrected chi connectivity index (χ1v) is 43.8. The number of amides is 15. The van der Waals surface area contributed by atoms with Crippen LogP contribution in [0.3, 0.4) is 0 Å². The SMILES string of the molecule is CC(C)C[C@H](NC(=O)[C@H](CO)NC(=O)CNC(=O)[C@H](CCCCN)NC(=O)[C@H](CCCNC(=N)N)NC(=O)[C@H](C)NC(=O)[C@H](Cc1ccccc1)NC(=O)[C@H](CCCNC(=N)N)NC(=O)c1ccccc1-c1c2ccc(=O)cc-2oc2cc(O)ccc12)C(=O)N[C@@H](CCCNC(=N)N)C(=O)N[C@@H](CCC(N)=O)C(=O)N[C@@H](CCCCN)C(=O)N[C@@H](CC(N)=O)C(=O)N[C@H](C(=O)O)C(C)C. The Kier molecular flexibility index (Phi) is 46.1. The molecule has 1 aliphatic carbocycles. The normalized spacial score (nSPS) is 13.8. The van der Waals surface area contributed by atoms with Crippen LogP contribution in [0, 0.1) is 28.1 Å². The Bertz CT molecular complexity index is 4960. The first-order valence-electron chi connectivity index (χ1n) is 43.8. The summed E-state index contributed by atoms with van der Waals surface area (Å²) >= 11 is 0. The highest BCUT2D eigenvalue weighted by molar-refractivity contribution is 6.10. The lowest BCUT2D eigenvalue weighted by Crippen LogP contribution is -2.60. The zero-order valence-corrected chi connectivity index (χ0v) is 75.4. The van der Waals surface area contributed by atoms with Crippen molar-refractivity contribution in [3.63, 3.8) is 0 Å². The molecule has 12 atom stereocenters. The molecular weight excluding hydrogens is 1750 g/mol. The van der Waals surface area contributed by atoms with Crippen LogP contribution in [0.4, 0.5) is 0 Å². The molecule has 36 N–H and O–H groups in total. The van der Waals surface area contributed by atoms with Crippen LogP contribution in [0.15, 0.2) is 100 Å². The largest absolute Gasteiger partial charge is 0.508 e. The molecule has 1 heterocycles. The maximum absolute atomic E-state index is 14.9. The fourth-order valence-electron chi connectivity index (χ4n) is 14.0. The predicted octanol–water partition coefficient (Wildman–Crippen LogP) is -4.95. The number of aliphatic hydroxyl groups excluding tert-OH is 1. The molecule has 0 aromatic heterocycles. The number of aromatic hydroxyl groups is 1. The number of rotatable bonds is 59. The van der Waals surface area contributed by atoms with Gasteiger partial charge in [-0.2, -0.15) is 0 Å². The summed E-state index contributed by atoms with van der Waals surface area (Å²) in [7, 11) is 0. The Labute approximate surface area is 772 Å². The average molecular weight is 1870 g/mol. The Morgan fingerprint density at radius 3 is 1.37 bits per heavy atom. The summed E-state index contributed by atoms with van der Waals surface area (Å²) in [6, 6.07) is 4.55. The van der Waals surface area contributed by atoms with Crippen molar-refractivity contribution in [1.82, 2.24) is 85.1 Å². The number of guanidine groups is 3. The van der Waals surface area contributed by atoms with E-state index in [2.05, 4.69) is 85.1 Å². The van der Waals surface area contributed by atoms with Gasteiger partial charge in [0.15, 0.2) is 23.3 Å². The van der Waals surface area contributed by atoms with Crippen molar-refractivity contribution in [2.24, 2.45) is 52.0 Å². The number of carbonyl (C=O) groups excluding carboxylic acids is 15. The van der Waals surface area contributed by atoms with E-state index < -0.39 is 223 Å². The lowest BCUT2D eigenvalue weighted by Gasteiger charge is -2.28. The molecule has 0 unspecified atom stereocenters. The molecule has 5 rings (SSSR count). The quantitative estimate of drug-likeness (QED) is 0.00750. The molecule has 1 aliphatic heterocycles. The van der Waals surface area contributed by atoms with Gasteiger partial charge in [-0.25, -0.2) is 4.79 Å². The van der Waals surface area contributed by atoms with Gasteiger partial charge < -0.3 is 145 Å². The molecule has 732 valence electrons. The van der Waals surface area contributed by atoms with Gasteiger partial charge in [0.25, 0.3) is 5.91 Å². The minimum Gasteiger partial charge on any atom is -0.508 e. The van der Waals surface area contributed by atoms with Gasteiger partial charge in [-0.15, -0.1) is 0 Å². The van der Waals surface area contributed by atoms with Crippen molar-refractivity contribution in [1.29, 1.82) is 16.2 Å². The summed E-state index contributed by atoms with van der Waals surface area (Å²) in [4.78, 5) is 235.